The van der Waals surface area contributed by atoms with E-state index < -0.39 is 0 Å². The monoisotopic (exact) mass is 115 g/mol. The van der Waals surface area contributed by atoms with Gasteiger partial charge in [0.2, 0.25) is 5.91 Å². The molecule has 0 aromatic carbocycles. The van der Waals surface area contributed by atoms with Crippen molar-refractivity contribution in [2.45, 2.75) is 6.42 Å². The number of hydrogen-bond donors (Lipinski definition) is 1. The largest absolute Gasteiger partial charge is 0.300 e. The number of carbonyl (C=O) groups excluding carboxylic acids is 1. The van der Waals surface area contributed by atoms with Crippen LogP contribution in [0, 0.1) is 6.42 Å². The van der Waals surface area contributed by atoms with Crippen LogP contribution in [0.1, 0.15) is 6.42 Å². The molecule has 1 heterocycles. The van der Waals surface area contributed by atoms with Gasteiger partial charge in [-0.3, -0.25) is 9.52 Å². The highest BCUT2D eigenvalue weighted by atomic mass is 32.2. The topological polar surface area (TPSA) is 29.1 Å². The van der Waals surface area contributed by atoms with Crippen LogP contribution >= 0.6 is 11.9 Å². The zero-order valence-corrected chi connectivity index (χ0v) is 4.55. The fraction of sp³-hybridized carbons (Fsp3) is 0.500. The van der Waals surface area contributed by atoms with Crippen molar-refractivity contribution in [3.8, 4) is 0 Å². The maximum atomic E-state index is 10.2. The second-order valence-corrected chi connectivity index (χ2v) is 2.11. The normalized spacial score (nSPS) is 21.4. The van der Waals surface area contributed by atoms with Gasteiger partial charge in [0.05, 0.1) is 6.42 Å². The summed E-state index contributed by atoms with van der Waals surface area (Å²) in [4.78, 5) is 10.2. The van der Waals surface area contributed by atoms with E-state index >= 15 is 0 Å². The molecule has 0 saturated carbocycles. The van der Waals surface area contributed by atoms with Gasteiger partial charge in [0.25, 0.3) is 0 Å². The fourth-order valence-electron chi connectivity index (χ4n) is 0.368. The SMILES string of the molecule is O=C1[C]CCSN1. The maximum Gasteiger partial charge on any atom is 0.238 e. The fourth-order valence-corrected chi connectivity index (χ4v) is 0.878. The Bertz CT molecular complexity index is 75.8. The molecule has 0 bridgehead atoms. The molecule has 38 valence electrons. The Kier molecular flexibility index (Phi) is 1.57. The van der Waals surface area contributed by atoms with Crippen molar-refractivity contribution in [2.75, 3.05) is 5.75 Å². The molecule has 0 aliphatic carbocycles. The van der Waals surface area contributed by atoms with Gasteiger partial charge in [-0.2, -0.15) is 0 Å². The first-order chi connectivity index (χ1) is 3.39. The zero-order valence-electron chi connectivity index (χ0n) is 3.73. The van der Waals surface area contributed by atoms with Crippen molar-refractivity contribution in [2.24, 2.45) is 0 Å². The molecule has 0 aromatic heterocycles. The zero-order chi connectivity index (χ0) is 5.11. The number of hydrogen-bond acceptors (Lipinski definition) is 2. The van der Waals surface area contributed by atoms with E-state index in [4.69, 9.17) is 0 Å². The van der Waals surface area contributed by atoms with Crippen molar-refractivity contribution >= 4 is 17.9 Å². The molecule has 1 rings (SSSR count). The van der Waals surface area contributed by atoms with Crippen molar-refractivity contribution in [3.05, 3.63) is 6.42 Å². The minimum Gasteiger partial charge on any atom is -0.300 e. The van der Waals surface area contributed by atoms with Crippen LogP contribution in [-0.4, -0.2) is 11.7 Å². The van der Waals surface area contributed by atoms with Gasteiger partial charge < -0.3 is 0 Å². The number of nitrogens with one attached hydrogen (secondary N) is 1. The lowest BCUT2D eigenvalue weighted by molar-refractivity contribution is -0.116. The van der Waals surface area contributed by atoms with E-state index in [-0.39, 0.29) is 5.91 Å². The molecule has 1 fully saturated rings. The van der Waals surface area contributed by atoms with Crippen LogP contribution in [0.15, 0.2) is 0 Å². The summed E-state index contributed by atoms with van der Waals surface area (Å²) in [7, 11) is 0. The molecule has 0 aromatic rings. The van der Waals surface area contributed by atoms with Gasteiger partial charge in [0.15, 0.2) is 0 Å². The molecular weight excluding hydrogens is 110 g/mol. The lowest BCUT2D eigenvalue weighted by Crippen LogP contribution is -2.21. The molecule has 3 heteroatoms. The molecule has 1 N–H and O–H groups in total. The van der Waals surface area contributed by atoms with Crippen LogP contribution in [0.3, 0.4) is 0 Å². The molecule has 0 atom stereocenters. The molecule has 1 amide bonds. The van der Waals surface area contributed by atoms with Crippen molar-refractivity contribution in [3.63, 3.8) is 0 Å². The maximum absolute atomic E-state index is 10.2. The van der Waals surface area contributed by atoms with Gasteiger partial charge in [-0.1, -0.05) is 11.9 Å². The second-order valence-electron chi connectivity index (χ2n) is 1.21. The van der Waals surface area contributed by atoms with Crippen LogP contribution in [0.4, 0.5) is 0 Å². The van der Waals surface area contributed by atoms with E-state index in [0.29, 0.717) is 0 Å². The Balaban J connectivity index is 2.25. The summed E-state index contributed by atoms with van der Waals surface area (Å²) in [5, 5.41) is 0. The Hall–Kier alpha value is -0.180. The third-order valence-corrected chi connectivity index (χ3v) is 1.39. The molecule has 1 aliphatic rings. The van der Waals surface area contributed by atoms with Gasteiger partial charge >= 0.3 is 0 Å². The van der Waals surface area contributed by atoms with Crippen molar-refractivity contribution in [1.29, 1.82) is 0 Å². The highest BCUT2D eigenvalue weighted by molar-refractivity contribution is 7.98. The van der Waals surface area contributed by atoms with Gasteiger partial charge in [0, 0.05) is 5.75 Å². The minimum absolute atomic E-state index is 0.0729. The molecule has 2 nitrogen and oxygen atoms in total. The summed E-state index contributed by atoms with van der Waals surface area (Å²) in [6.07, 6.45) is 3.40. The highest BCUT2D eigenvalue weighted by Crippen LogP contribution is 2.05. The molecule has 2 radical (unpaired) electrons. The van der Waals surface area contributed by atoms with Crippen LogP contribution in [0.5, 0.6) is 0 Å². The lowest BCUT2D eigenvalue weighted by atomic mass is 10.3. The number of rotatable bonds is 0. The predicted octanol–water partition coefficient (Wildman–Crippen LogP) is 0.236. The standard InChI is InChI=1S/C4H5NOS/c6-4-2-1-3-7-5-4/h1,3H2,(H,5,6). The first-order valence-corrected chi connectivity index (χ1v) is 3.04. The van der Waals surface area contributed by atoms with Gasteiger partial charge in [0.1, 0.15) is 0 Å². The second kappa shape index (κ2) is 2.21. The molecule has 7 heavy (non-hydrogen) atoms. The lowest BCUT2D eigenvalue weighted by Gasteiger charge is -2.06. The van der Waals surface area contributed by atoms with Crippen molar-refractivity contribution in [1.82, 2.24) is 4.72 Å². The van der Waals surface area contributed by atoms with Gasteiger partial charge in [-0.05, 0) is 6.42 Å². The summed E-state index contributed by atoms with van der Waals surface area (Å²) >= 11 is 1.44. The number of amides is 1. The minimum atomic E-state index is -0.0729. The smallest absolute Gasteiger partial charge is 0.238 e. The Morgan fingerprint density at radius 3 is 3.00 bits per heavy atom. The Morgan fingerprint density at radius 1 is 1.86 bits per heavy atom. The van der Waals surface area contributed by atoms with Crippen LogP contribution in [0.25, 0.3) is 0 Å². The molecule has 1 aliphatic heterocycles. The van der Waals surface area contributed by atoms with E-state index in [1.165, 1.54) is 11.9 Å². The Labute approximate surface area is 46.8 Å². The molecule has 0 unspecified atom stereocenters. The third-order valence-electron chi connectivity index (χ3n) is 0.655. The highest BCUT2D eigenvalue weighted by Gasteiger charge is 2.06. The average molecular weight is 115 g/mol. The van der Waals surface area contributed by atoms with Gasteiger partial charge in [-0.25, -0.2) is 0 Å². The quantitative estimate of drug-likeness (QED) is 0.458. The molecular formula is C4H5NOS. The summed E-state index contributed by atoms with van der Waals surface area (Å²) in [6, 6.07) is 0. The summed E-state index contributed by atoms with van der Waals surface area (Å²) < 4.78 is 2.55. The number of carbonyl (C=O) groups is 1. The van der Waals surface area contributed by atoms with Crippen molar-refractivity contribution < 1.29 is 4.79 Å². The summed E-state index contributed by atoms with van der Waals surface area (Å²) in [6.45, 7) is 0. The third kappa shape index (κ3) is 1.39. The van der Waals surface area contributed by atoms with Crippen LogP contribution in [0.2, 0.25) is 0 Å². The first kappa shape index (κ1) is 4.97. The average Bonchev–Trinajstić information content (AvgIpc) is 1.69. The van der Waals surface area contributed by atoms with Crippen LogP contribution < -0.4 is 4.72 Å². The van der Waals surface area contributed by atoms with E-state index in [2.05, 4.69) is 11.1 Å². The Morgan fingerprint density at radius 2 is 2.71 bits per heavy atom. The van der Waals surface area contributed by atoms with E-state index in [1.807, 2.05) is 0 Å². The molecule has 0 spiro atoms. The summed E-state index contributed by atoms with van der Waals surface area (Å²) in [5.41, 5.74) is 0. The first-order valence-electron chi connectivity index (χ1n) is 2.05. The molecule has 1 saturated heterocycles. The van der Waals surface area contributed by atoms with E-state index in [9.17, 15) is 4.79 Å². The van der Waals surface area contributed by atoms with E-state index in [0.717, 1.165) is 12.2 Å². The predicted molar refractivity (Wildman–Crippen MR) is 28.5 cm³/mol. The summed E-state index contributed by atoms with van der Waals surface area (Å²) in [5.74, 6) is 0.891. The van der Waals surface area contributed by atoms with Gasteiger partial charge in [-0.15, -0.1) is 0 Å². The van der Waals surface area contributed by atoms with Crippen LogP contribution in [-0.2, 0) is 4.79 Å². The van der Waals surface area contributed by atoms with E-state index in [1.54, 1.807) is 0 Å².